The average Bonchev–Trinajstić information content (AvgIpc) is 3.11. The first-order chi connectivity index (χ1) is 15.1. The molecule has 0 aliphatic heterocycles. The normalized spacial score (nSPS) is 42.1. The van der Waals surface area contributed by atoms with Crippen molar-refractivity contribution in [3.63, 3.8) is 0 Å². The molecule has 0 aromatic rings. The zero-order valence-corrected chi connectivity index (χ0v) is 20.3. The number of hydrogen-bond donors (Lipinski definition) is 0. The Balaban J connectivity index is 1.53. The van der Waals surface area contributed by atoms with Gasteiger partial charge in [0.1, 0.15) is 17.3 Å². The van der Waals surface area contributed by atoms with Crippen molar-refractivity contribution >= 4 is 23.3 Å². The molecule has 4 saturated carbocycles. The summed E-state index contributed by atoms with van der Waals surface area (Å²) in [6.45, 7) is 8.98. The van der Waals surface area contributed by atoms with Gasteiger partial charge in [-0.3, -0.25) is 19.2 Å². The van der Waals surface area contributed by atoms with E-state index < -0.39 is 5.41 Å². The molecule has 4 fully saturated rings. The van der Waals surface area contributed by atoms with Crippen LogP contribution in [0.1, 0.15) is 91.9 Å². The van der Waals surface area contributed by atoms with E-state index in [1.54, 1.807) is 0 Å². The van der Waals surface area contributed by atoms with Gasteiger partial charge in [0.05, 0.1) is 6.61 Å². The van der Waals surface area contributed by atoms with Crippen molar-refractivity contribution in [1.82, 2.24) is 0 Å². The van der Waals surface area contributed by atoms with Crippen molar-refractivity contribution in [1.29, 1.82) is 0 Å². The second kappa shape index (κ2) is 8.68. The van der Waals surface area contributed by atoms with Crippen LogP contribution in [0, 0.1) is 46.3 Å². The zero-order chi connectivity index (χ0) is 23.3. The molecule has 4 aliphatic rings. The zero-order valence-electron chi connectivity index (χ0n) is 20.3. The molecule has 0 aromatic heterocycles. The largest absolute Gasteiger partial charge is 0.466 e. The van der Waals surface area contributed by atoms with Gasteiger partial charge in [0, 0.05) is 43.4 Å². The Hall–Kier alpha value is -1.52. The van der Waals surface area contributed by atoms with Crippen LogP contribution in [0.5, 0.6) is 0 Å². The molecule has 5 nitrogen and oxygen atoms in total. The van der Waals surface area contributed by atoms with E-state index in [9.17, 15) is 19.2 Å². The minimum absolute atomic E-state index is 0.0427. The average molecular weight is 445 g/mol. The molecule has 32 heavy (non-hydrogen) atoms. The maximum Gasteiger partial charge on any atom is 0.305 e. The van der Waals surface area contributed by atoms with Gasteiger partial charge in [-0.05, 0) is 67.1 Å². The third-order valence-corrected chi connectivity index (χ3v) is 10.2. The number of hydrogen-bond acceptors (Lipinski definition) is 5. The number of Topliss-reactive ketones (excluding diaryl/α,β-unsaturated/α-hetero) is 3. The molecule has 0 N–H and O–H groups in total. The molecule has 0 amide bonds. The van der Waals surface area contributed by atoms with Crippen LogP contribution in [0.2, 0.25) is 0 Å². The van der Waals surface area contributed by atoms with E-state index in [0.717, 1.165) is 32.1 Å². The van der Waals surface area contributed by atoms with Crippen LogP contribution in [-0.4, -0.2) is 29.9 Å². The molecule has 0 aromatic carbocycles. The fraction of sp³-hybridized carbons (Fsp3) is 0.852. The molecule has 0 heterocycles. The molecule has 0 saturated heterocycles. The molecule has 4 rings (SSSR count). The van der Waals surface area contributed by atoms with Gasteiger partial charge in [0.2, 0.25) is 0 Å². The SMILES string of the molecule is CCCOC(=O)CCC(C)[C@H]1CC[C@H]2[C@@H]3C(=O)C[C@@H]4CC(=O)CC[C@]4(C)[C@H]3CC(=O)[C@]12C. The summed E-state index contributed by atoms with van der Waals surface area (Å²) in [7, 11) is 0. The molecule has 1 unspecified atom stereocenters. The summed E-state index contributed by atoms with van der Waals surface area (Å²) in [6, 6.07) is 0. The number of carbonyl (C=O) groups is 4. The topological polar surface area (TPSA) is 77.5 Å². The van der Waals surface area contributed by atoms with Crippen molar-refractivity contribution in [3.8, 4) is 0 Å². The molecular weight excluding hydrogens is 404 g/mol. The molecule has 8 atom stereocenters. The van der Waals surface area contributed by atoms with Crippen LogP contribution in [0.3, 0.4) is 0 Å². The van der Waals surface area contributed by atoms with E-state index in [0.29, 0.717) is 50.3 Å². The fourth-order valence-corrected chi connectivity index (χ4v) is 8.22. The highest BCUT2D eigenvalue weighted by Gasteiger charge is 2.66. The number of fused-ring (bicyclic) bond motifs is 5. The van der Waals surface area contributed by atoms with Crippen molar-refractivity contribution in [2.24, 2.45) is 46.3 Å². The molecule has 4 aliphatic carbocycles. The van der Waals surface area contributed by atoms with Crippen LogP contribution >= 0.6 is 0 Å². The number of ketones is 3. The van der Waals surface area contributed by atoms with Crippen LogP contribution in [0.25, 0.3) is 0 Å². The number of esters is 1. The summed E-state index contributed by atoms with van der Waals surface area (Å²) in [5.74, 6) is 1.46. The van der Waals surface area contributed by atoms with Gasteiger partial charge in [-0.1, -0.05) is 27.7 Å². The second-order valence-corrected chi connectivity index (χ2v) is 11.7. The van der Waals surface area contributed by atoms with Crippen LogP contribution in [0.15, 0.2) is 0 Å². The van der Waals surface area contributed by atoms with E-state index in [1.165, 1.54) is 0 Å². The van der Waals surface area contributed by atoms with Gasteiger partial charge in [-0.2, -0.15) is 0 Å². The van der Waals surface area contributed by atoms with E-state index in [1.807, 2.05) is 6.92 Å². The second-order valence-electron chi connectivity index (χ2n) is 11.7. The van der Waals surface area contributed by atoms with E-state index in [-0.39, 0.29) is 52.7 Å². The Morgan fingerprint density at radius 2 is 1.84 bits per heavy atom. The summed E-state index contributed by atoms with van der Waals surface area (Å²) in [4.78, 5) is 51.3. The Morgan fingerprint density at radius 1 is 1.09 bits per heavy atom. The molecule has 178 valence electrons. The van der Waals surface area contributed by atoms with Gasteiger partial charge >= 0.3 is 5.97 Å². The molecule has 0 radical (unpaired) electrons. The van der Waals surface area contributed by atoms with Gasteiger partial charge in [-0.25, -0.2) is 0 Å². The minimum Gasteiger partial charge on any atom is -0.466 e. The van der Waals surface area contributed by atoms with E-state index in [4.69, 9.17) is 4.74 Å². The molecular formula is C27H40O5. The third-order valence-electron chi connectivity index (χ3n) is 10.2. The molecule has 0 bridgehead atoms. The number of carbonyl (C=O) groups excluding carboxylic acids is 4. The maximum atomic E-state index is 13.8. The first-order valence-corrected chi connectivity index (χ1v) is 12.9. The smallest absolute Gasteiger partial charge is 0.305 e. The van der Waals surface area contributed by atoms with Crippen molar-refractivity contribution in [2.75, 3.05) is 6.61 Å². The first-order valence-electron chi connectivity index (χ1n) is 12.9. The highest BCUT2D eigenvalue weighted by Crippen LogP contribution is 2.66. The van der Waals surface area contributed by atoms with Crippen molar-refractivity contribution < 1.29 is 23.9 Å². The van der Waals surface area contributed by atoms with E-state index in [2.05, 4.69) is 20.8 Å². The summed E-state index contributed by atoms with van der Waals surface area (Å²) in [5.41, 5.74) is -0.548. The lowest BCUT2D eigenvalue weighted by Crippen LogP contribution is -2.60. The standard InChI is InChI=1S/C27H40O5/c1-5-12-32-24(31)9-6-16(2)19-7-8-20-25-21(15-23(30)27(19,20)4)26(3)11-10-18(28)13-17(26)14-22(25)29/h16-17,19-21,25H,5-15H2,1-4H3/t16?,17-,19+,20-,21-,25-,26-,27+/m0/s1. The Labute approximate surface area is 192 Å². The summed E-state index contributed by atoms with van der Waals surface area (Å²) in [6.07, 6.45) is 6.73. The molecule has 5 heteroatoms. The van der Waals surface area contributed by atoms with Crippen molar-refractivity contribution in [2.45, 2.75) is 91.9 Å². The van der Waals surface area contributed by atoms with Crippen LogP contribution in [0.4, 0.5) is 0 Å². The predicted molar refractivity (Wildman–Crippen MR) is 121 cm³/mol. The quantitative estimate of drug-likeness (QED) is 0.542. The summed E-state index contributed by atoms with van der Waals surface area (Å²) >= 11 is 0. The van der Waals surface area contributed by atoms with E-state index >= 15 is 0 Å². The lowest BCUT2D eigenvalue weighted by atomic mass is 9.44. The molecule has 0 spiro atoms. The number of rotatable bonds is 6. The Morgan fingerprint density at radius 3 is 2.56 bits per heavy atom. The number of ether oxygens (including phenoxy) is 1. The van der Waals surface area contributed by atoms with Gasteiger partial charge in [0.15, 0.2) is 0 Å². The van der Waals surface area contributed by atoms with Gasteiger partial charge in [0.25, 0.3) is 0 Å². The highest BCUT2D eigenvalue weighted by molar-refractivity contribution is 5.93. The minimum atomic E-state index is -0.475. The first kappa shape index (κ1) is 23.6. The lowest BCUT2D eigenvalue weighted by molar-refractivity contribution is -0.166. The van der Waals surface area contributed by atoms with Crippen LogP contribution in [-0.2, 0) is 23.9 Å². The van der Waals surface area contributed by atoms with Gasteiger partial charge < -0.3 is 4.74 Å². The predicted octanol–water partition coefficient (Wildman–Crippen LogP) is 4.94. The maximum absolute atomic E-state index is 13.8. The Bertz CT molecular complexity index is 802. The van der Waals surface area contributed by atoms with Crippen LogP contribution < -0.4 is 0 Å². The monoisotopic (exact) mass is 444 g/mol. The fourth-order valence-electron chi connectivity index (χ4n) is 8.22. The Kier molecular flexibility index (Phi) is 6.41. The van der Waals surface area contributed by atoms with Crippen molar-refractivity contribution in [3.05, 3.63) is 0 Å². The third kappa shape index (κ3) is 3.68. The summed E-state index contributed by atoms with van der Waals surface area (Å²) < 4.78 is 5.24. The van der Waals surface area contributed by atoms with Gasteiger partial charge in [-0.15, -0.1) is 0 Å². The summed E-state index contributed by atoms with van der Waals surface area (Å²) in [5, 5.41) is 0. The lowest BCUT2D eigenvalue weighted by Gasteiger charge is -2.58. The highest BCUT2D eigenvalue weighted by atomic mass is 16.5.